The number of fused-ring (bicyclic) bond motifs is 3. The quantitative estimate of drug-likeness (QED) is 0.0302. The van der Waals surface area contributed by atoms with Crippen LogP contribution in [-0.4, -0.2) is 132 Å². The van der Waals surface area contributed by atoms with Crippen molar-refractivity contribution < 1.29 is 66.5 Å². The van der Waals surface area contributed by atoms with Gasteiger partial charge in [0.15, 0.2) is 0 Å². The summed E-state index contributed by atoms with van der Waals surface area (Å²) in [6.07, 6.45) is 16.5. The molecule has 5 atom stereocenters. The summed E-state index contributed by atoms with van der Waals surface area (Å²) in [6, 6.07) is 17.7. The van der Waals surface area contributed by atoms with Gasteiger partial charge in [0.25, 0.3) is 0 Å². The fourth-order valence-corrected chi connectivity index (χ4v) is 11.4. The van der Waals surface area contributed by atoms with Crippen LogP contribution >= 0.6 is 0 Å². The van der Waals surface area contributed by atoms with Gasteiger partial charge in [-0.2, -0.15) is 27.7 Å². The number of aliphatic hydroxyl groups is 1. The first kappa shape index (κ1) is 61.1. The Morgan fingerprint density at radius 2 is 1.86 bits per heavy atom. The van der Waals surface area contributed by atoms with Crippen LogP contribution in [0, 0.1) is 43.5 Å². The molecule has 0 radical (unpaired) electrons. The second kappa shape index (κ2) is 28.1. The number of rotatable bonds is 25. The predicted octanol–water partition coefficient (Wildman–Crippen LogP) is 5.11. The number of nitrogens with zero attached hydrogens (tertiary/aromatic N) is 5. The molecule has 2 unspecified atom stereocenters. The molecule has 0 aliphatic carbocycles. The van der Waals surface area contributed by atoms with Gasteiger partial charge < -0.3 is 51.8 Å². The second-order valence-electron chi connectivity index (χ2n) is 20.5. The number of nitrogens with one attached hydrogen (secondary N) is 2. The smallest absolute Gasteiger partial charge is 0.549 e. The summed E-state index contributed by atoms with van der Waals surface area (Å²) in [4.78, 5) is 68.7. The van der Waals surface area contributed by atoms with E-state index >= 15 is 4.39 Å². The Hall–Kier alpha value is -6.14. The van der Waals surface area contributed by atoms with E-state index in [0.29, 0.717) is 98.6 Å². The number of pyridine rings is 1. The van der Waals surface area contributed by atoms with Crippen LogP contribution < -0.4 is 43.9 Å². The van der Waals surface area contributed by atoms with Crippen molar-refractivity contribution in [3.8, 4) is 35.4 Å². The van der Waals surface area contributed by atoms with Crippen LogP contribution in [-0.2, 0) is 36.7 Å². The summed E-state index contributed by atoms with van der Waals surface area (Å²) in [5, 5.41) is 18.7. The van der Waals surface area contributed by atoms with Crippen molar-refractivity contribution in [2.45, 2.75) is 115 Å². The molecule has 3 N–H and O–H groups in total. The van der Waals surface area contributed by atoms with Gasteiger partial charge in [-0.1, -0.05) is 56.9 Å². The van der Waals surface area contributed by atoms with E-state index in [2.05, 4.69) is 32.4 Å². The first-order chi connectivity index (χ1) is 36.8. The van der Waals surface area contributed by atoms with E-state index in [1.807, 2.05) is 50.5 Å². The molecule has 3 aromatic carbocycles. The van der Waals surface area contributed by atoms with E-state index in [1.165, 1.54) is 6.07 Å². The third-order valence-corrected chi connectivity index (χ3v) is 15.4. The van der Waals surface area contributed by atoms with Gasteiger partial charge in [0.1, 0.15) is 30.6 Å². The van der Waals surface area contributed by atoms with E-state index in [9.17, 15) is 24.3 Å². The number of terminal acetylenes is 1. The van der Waals surface area contributed by atoms with Crippen LogP contribution in [0.5, 0.6) is 11.8 Å². The van der Waals surface area contributed by atoms with Gasteiger partial charge in [-0.15, -0.1) is 24.5 Å². The summed E-state index contributed by atoms with van der Waals surface area (Å²) in [7, 11) is 1.54. The molecular formula is C60H73FLiN7O9-2. The van der Waals surface area contributed by atoms with Gasteiger partial charge in [-0.3, -0.25) is 25.8 Å². The summed E-state index contributed by atoms with van der Waals surface area (Å²) >= 11 is 0. The molecule has 412 valence electrons. The minimum absolute atomic E-state index is 0. The zero-order valence-electron chi connectivity index (χ0n) is 46.2. The molecule has 3 aliphatic heterocycles. The van der Waals surface area contributed by atoms with Crippen LogP contribution in [0.15, 0.2) is 54.7 Å². The molecule has 0 bridgehead atoms. The first-order valence-electron chi connectivity index (χ1n) is 26.8. The van der Waals surface area contributed by atoms with E-state index in [4.69, 9.17) is 40.3 Å². The van der Waals surface area contributed by atoms with E-state index in [1.54, 1.807) is 32.3 Å². The van der Waals surface area contributed by atoms with Crippen LogP contribution in [0.2, 0.25) is 0 Å². The molecule has 5 aromatic rings. The van der Waals surface area contributed by atoms with Crippen LogP contribution in [0.3, 0.4) is 0 Å². The Balaban J connectivity index is 0.00000492. The molecule has 78 heavy (non-hydrogen) atoms. The Morgan fingerprint density at radius 3 is 2.59 bits per heavy atom. The fourth-order valence-electron chi connectivity index (χ4n) is 11.4. The molecule has 0 spiro atoms. The second-order valence-corrected chi connectivity index (χ2v) is 20.5. The number of benzene rings is 3. The average molecular weight is 1060 g/mol. The Morgan fingerprint density at radius 1 is 1.04 bits per heavy atom. The number of carbonyl (C=O) groups is 3. The fraction of sp³-hybridized carbons (Fsp3) is 0.500. The number of ketones is 1. The first-order valence-corrected chi connectivity index (χ1v) is 26.8. The molecule has 16 nitrogen and oxygen atoms in total. The number of β-amino-alcohol motifs (C(OH)–C–C–N with tert-alkyl or cyclic N) is 1. The van der Waals surface area contributed by atoms with E-state index in [0.717, 1.165) is 60.5 Å². The summed E-state index contributed by atoms with van der Waals surface area (Å²) in [5.41, 5.74) is 2.73. The van der Waals surface area contributed by atoms with E-state index < -0.39 is 29.3 Å². The number of aryl methyl sites for hydroxylation is 2. The van der Waals surface area contributed by atoms with Crippen LogP contribution in [0.4, 0.5) is 15.0 Å². The molecule has 0 saturated carbocycles. The van der Waals surface area contributed by atoms with Crippen LogP contribution in [0.25, 0.3) is 32.9 Å². The number of alkyl carbamates (subject to hydrolysis) is 1. The summed E-state index contributed by atoms with van der Waals surface area (Å²) in [5.74, 6) is 1.98. The number of hydrogen-bond donors (Lipinski definition) is 3. The zero-order valence-corrected chi connectivity index (χ0v) is 46.2. The van der Waals surface area contributed by atoms with Gasteiger partial charge in [0, 0.05) is 74.0 Å². The third-order valence-electron chi connectivity index (χ3n) is 15.4. The number of carbonyl (C=O) groups excluding carboxylic acids is 4. The number of halogens is 1. The number of aromatic nitrogens is 3. The van der Waals surface area contributed by atoms with Crippen molar-refractivity contribution in [3.63, 3.8) is 0 Å². The third kappa shape index (κ3) is 14.4. The predicted molar refractivity (Wildman–Crippen MR) is 294 cm³/mol. The van der Waals surface area contributed by atoms with Gasteiger partial charge >= 0.3 is 31.0 Å². The monoisotopic (exact) mass is 1060 g/mol. The SMILES string of the molecule is C#Cc1c(F)ccc2cccc(-c3ncc4c(N5CCC[C@@](C)(O)C5)nc(OC[C@@]56CCCN5[C@H](COC(=O)NCCOCCOc5c[c-]c(CCC([C-]=O)C(CCC(=O)NC)C(=O)CC)cc5)CC6)nc4c3CC)c12.[CH3-].[Li+]. The minimum atomic E-state index is -0.910. The molecule has 18 heteroatoms. The maximum absolute atomic E-state index is 15.2. The van der Waals surface area contributed by atoms with Crippen molar-refractivity contribution in [1.82, 2.24) is 30.5 Å². The van der Waals surface area contributed by atoms with Crippen molar-refractivity contribution in [3.05, 3.63) is 90.7 Å². The number of hydrogen-bond acceptors (Lipinski definition) is 14. The number of amides is 2. The van der Waals surface area contributed by atoms with Gasteiger partial charge in [0.2, 0.25) is 5.91 Å². The molecule has 3 aliphatic rings. The number of Topliss-reactive ketones (excluding diaryl/α,β-unsaturated/α-hetero) is 1. The number of piperidine rings is 1. The largest absolute Gasteiger partial charge is 1.00 e. The van der Waals surface area contributed by atoms with Gasteiger partial charge in [0.05, 0.1) is 53.1 Å². The Kier molecular flexibility index (Phi) is 22.0. The molecule has 5 heterocycles. The normalized spacial score (nSPS) is 19.7. The standard InChI is InChI=1S/C59H70FN7O9.CH3.Li/c1-6-44-49(60)22-18-40-12-9-13-47(52(40)44)53-45(7-2)54-48(34-63-53)55(66-29-10-25-58(4,72)37-66)65-56(64-54)76-38-59-26-11-30-67(59)42(24-27-59)36-75-57(71)62-28-31-73-32-33-74-43-19-15-39(16-20-43)14-17-41(35-68)46(50(69)8-3)21-23-51(70)61-5;;/h1,9,12-13,15,18-20,22,34,41-42,46,72H,7-8,10-11,14,17,21,23-33,36-38H2,2-5H3,(H,61,70)(H,62,71);1H3;/q-2;-1;+1/t41?,42-,46?,58+,59-;;/m0../s1. The number of ether oxygens (including phenoxy) is 4. The summed E-state index contributed by atoms with van der Waals surface area (Å²) in [6.45, 7) is 9.23. The van der Waals surface area contributed by atoms with Crippen molar-refractivity contribution >= 4 is 51.6 Å². The van der Waals surface area contributed by atoms with Crippen molar-refractivity contribution in [1.29, 1.82) is 0 Å². The molecule has 3 fully saturated rings. The number of anilines is 1. The van der Waals surface area contributed by atoms with E-state index in [-0.39, 0.29) is 93.9 Å². The van der Waals surface area contributed by atoms with Crippen molar-refractivity contribution in [2.24, 2.45) is 11.8 Å². The average Bonchev–Trinajstić information content (AvgIpc) is 4.17. The van der Waals surface area contributed by atoms with Crippen LogP contribution in [0.1, 0.15) is 102 Å². The molecule has 8 rings (SSSR count). The molecule has 2 aromatic heterocycles. The minimum Gasteiger partial charge on any atom is -0.549 e. The maximum Gasteiger partial charge on any atom is 1.00 e. The zero-order chi connectivity index (χ0) is 53.8. The topological polar surface area (TPSA) is 195 Å². The maximum atomic E-state index is 15.2. The summed E-state index contributed by atoms with van der Waals surface area (Å²) < 4.78 is 39.1. The Labute approximate surface area is 470 Å². The molecule has 2 amide bonds. The molecule has 3 saturated heterocycles. The van der Waals surface area contributed by atoms with Gasteiger partial charge in [-0.25, -0.2) is 9.18 Å². The van der Waals surface area contributed by atoms with Gasteiger partial charge in [-0.05, 0) is 82.2 Å². The Bertz CT molecular complexity index is 2920. The molecular weight excluding hydrogens is 989 g/mol. The van der Waals surface area contributed by atoms with Crippen molar-refractivity contribution in [2.75, 3.05) is 71.2 Å².